The van der Waals surface area contributed by atoms with E-state index in [2.05, 4.69) is 78.6 Å². The summed E-state index contributed by atoms with van der Waals surface area (Å²) < 4.78 is 13.4. The molecule has 2 saturated carbocycles. The Bertz CT molecular complexity index is 1970. The van der Waals surface area contributed by atoms with Gasteiger partial charge in [-0.25, -0.2) is 0 Å². The van der Waals surface area contributed by atoms with E-state index in [1.165, 1.54) is 18.1 Å². The molecule has 3 saturated heterocycles. The van der Waals surface area contributed by atoms with Crippen LogP contribution in [0.4, 0.5) is 0 Å². The molecule has 4 heterocycles. The molecular formula is C48H70N4O6Si. The molecule has 3 aromatic rings. The molecule has 0 radical (unpaired) electrons. The van der Waals surface area contributed by atoms with Gasteiger partial charge in [-0.3, -0.25) is 19.3 Å². The summed E-state index contributed by atoms with van der Waals surface area (Å²) >= 11 is 0. The Balaban J connectivity index is 0.874. The van der Waals surface area contributed by atoms with E-state index in [9.17, 15) is 19.5 Å². The third-order valence-corrected chi connectivity index (χ3v) is 19.3. The number of aromatic nitrogens is 1. The third-order valence-electron chi connectivity index (χ3n) is 14.8. The van der Waals surface area contributed by atoms with Gasteiger partial charge in [-0.2, -0.15) is 0 Å². The molecular weight excluding hydrogens is 757 g/mol. The highest BCUT2D eigenvalue weighted by Gasteiger charge is 2.46. The van der Waals surface area contributed by atoms with Crippen LogP contribution in [0.15, 0.2) is 53.3 Å². The molecule has 5 fully saturated rings. The molecule has 2 bridgehead atoms. The van der Waals surface area contributed by atoms with E-state index in [0.717, 1.165) is 120 Å². The molecule has 1 aromatic heterocycles. The van der Waals surface area contributed by atoms with Gasteiger partial charge in [0.05, 0.1) is 17.0 Å². The molecule has 11 heteroatoms. The van der Waals surface area contributed by atoms with Crippen molar-refractivity contribution in [3.8, 4) is 5.75 Å². The van der Waals surface area contributed by atoms with Gasteiger partial charge >= 0.3 is 5.97 Å². The first kappa shape index (κ1) is 43.6. The number of fused-ring (bicyclic) bond motifs is 4. The van der Waals surface area contributed by atoms with Crippen molar-refractivity contribution in [3.63, 3.8) is 0 Å². The van der Waals surface area contributed by atoms with E-state index in [1.54, 1.807) is 12.1 Å². The average Bonchev–Trinajstić information content (AvgIpc) is 3.22. The number of phenols is 1. The largest absolute Gasteiger partial charge is 0.506 e. The fourth-order valence-electron chi connectivity index (χ4n) is 10.1. The zero-order valence-electron chi connectivity index (χ0n) is 36.4. The molecule has 8 rings (SSSR count). The van der Waals surface area contributed by atoms with Gasteiger partial charge in [0.25, 0.3) is 0 Å². The highest BCUT2D eigenvalue weighted by Crippen LogP contribution is 2.43. The second-order valence-electron chi connectivity index (χ2n) is 19.9. The maximum absolute atomic E-state index is 14.0. The Labute approximate surface area is 352 Å². The van der Waals surface area contributed by atoms with Gasteiger partial charge in [-0.1, -0.05) is 70.4 Å². The lowest BCUT2D eigenvalue weighted by atomic mass is 9.69. The fourth-order valence-corrected chi connectivity index (χ4v) is 11.3. The first-order valence-corrected chi connectivity index (χ1v) is 25.7. The molecule has 59 heavy (non-hydrogen) atoms. The van der Waals surface area contributed by atoms with Crippen LogP contribution >= 0.6 is 0 Å². The van der Waals surface area contributed by atoms with Crippen molar-refractivity contribution in [1.29, 1.82) is 0 Å². The van der Waals surface area contributed by atoms with Gasteiger partial charge in [-0.05, 0) is 143 Å². The van der Waals surface area contributed by atoms with Gasteiger partial charge < -0.3 is 29.9 Å². The Morgan fingerprint density at radius 2 is 1.73 bits per heavy atom. The number of hydrogen-bond donors (Lipinski definition) is 4. The van der Waals surface area contributed by atoms with Crippen molar-refractivity contribution in [3.05, 3.63) is 75.6 Å². The predicted octanol–water partition coefficient (Wildman–Crippen LogP) is 8.42. The second kappa shape index (κ2) is 18.6. The summed E-state index contributed by atoms with van der Waals surface area (Å²) in [5, 5.41) is 18.4. The minimum Gasteiger partial charge on any atom is -0.506 e. The zero-order chi connectivity index (χ0) is 41.8. The standard InChI is InChI=1S/C48H70N4O6Si/c1-47(2,3)59(4,5)58-41(38-19-21-40(53)45-39(38)20-22-44(55)51-45)31-49-30-34-15-17-37(18-16-34)50-43(54)14-10-12-33-11-9-13-36(29-33)48(25-7-6-8-26-48)46(56)57-42-32-52-27-23-35(42)24-28-52/h9,11,13,19-22,29,34-35,37,41-42,49,53H,6-8,10,12,14-18,23-28,30-32H2,1-5H3,(H,50,54)(H,51,55)/t34?,37?,41-,42+/m1/s1. The molecule has 10 nitrogen and oxygen atoms in total. The number of nitrogens with zero attached hydrogens (tertiary/aromatic N) is 1. The number of aromatic hydroxyl groups is 1. The van der Waals surface area contributed by atoms with E-state index in [1.807, 2.05) is 6.07 Å². The predicted molar refractivity (Wildman–Crippen MR) is 237 cm³/mol. The van der Waals surface area contributed by atoms with Crippen LogP contribution in [0.1, 0.15) is 127 Å². The van der Waals surface area contributed by atoms with Crippen molar-refractivity contribution >= 4 is 31.1 Å². The molecule has 4 N–H and O–H groups in total. The number of amides is 1. The smallest absolute Gasteiger partial charge is 0.316 e. The Morgan fingerprint density at radius 3 is 2.42 bits per heavy atom. The van der Waals surface area contributed by atoms with Crippen LogP contribution in [0.3, 0.4) is 0 Å². The monoisotopic (exact) mass is 827 g/mol. The van der Waals surface area contributed by atoms with Crippen LogP contribution in [0.25, 0.3) is 10.9 Å². The lowest BCUT2D eigenvalue weighted by molar-refractivity contribution is -0.167. The zero-order valence-corrected chi connectivity index (χ0v) is 37.4. The average molecular weight is 827 g/mol. The van der Waals surface area contributed by atoms with Gasteiger partial charge in [0, 0.05) is 37.0 Å². The fraction of sp³-hybridized carbons (Fsp3) is 0.646. The molecule has 322 valence electrons. The number of ether oxygens (including phenoxy) is 1. The highest BCUT2D eigenvalue weighted by atomic mass is 28.4. The van der Waals surface area contributed by atoms with Crippen LogP contribution < -0.4 is 16.2 Å². The summed E-state index contributed by atoms with van der Waals surface area (Å²) in [5.74, 6) is 1.18. The SMILES string of the molecule is CC(C)(C)[Si](C)(C)O[C@H](CNCC1CCC(NC(=O)CCCc2cccc(C3(C(=O)O[C@H]4CN5CCC4CC5)CCCCC3)c2)CC1)c1ccc(O)c2[nH]c(=O)ccc12. The summed E-state index contributed by atoms with van der Waals surface area (Å²) in [6.45, 7) is 15.8. The first-order valence-electron chi connectivity index (χ1n) is 22.8. The van der Waals surface area contributed by atoms with Gasteiger partial charge in [-0.15, -0.1) is 0 Å². The van der Waals surface area contributed by atoms with Crippen molar-refractivity contribution in [2.75, 3.05) is 32.7 Å². The van der Waals surface area contributed by atoms with Crippen LogP contribution in [0.2, 0.25) is 18.1 Å². The summed E-state index contributed by atoms with van der Waals surface area (Å²) in [6.07, 6.45) is 13.1. The number of piperidine rings is 3. The minimum absolute atomic E-state index is 0.0137. The normalized spacial score (nSPS) is 25.1. The minimum atomic E-state index is -2.17. The number of nitrogens with one attached hydrogen (secondary N) is 3. The van der Waals surface area contributed by atoms with Gasteiger partial charge in [0.2, 0.25) is 11.5 Å². The highest BCUT2D eigenvalue weighted by molar-refractivity contribution is 6.74. The third kappa shape index (κ3) is 10.3. The van der Waals surface area contributed by atoms with Gasteiger partial charge in [0.1, 0.15) is 11.9 Å². The maximum atomic E-state index is 14.0. The van der Waals surface area contributed by atoms with Gasteiger partial charge in [0.15, 0.2) is 8.32 Å². The van der Waals surface area contributed by atoms with Crippen LogP contribution in [0.5, 0.6) is 5.75 Å². The van der Waals surface area contributed by atoms with E-state index >= 15 is 0 Å². The summed E-state index contributed by atoms with van der Waals surface area (Å²) in [4.78, 5) is 44.5. The first-order chi connectivity index (χ1) is 28.2. The number of pyridine rings is 1. The summed E-state index contributed by atoms with van der Waals surface area (Å²) in [5.41, 5.74) is 2.88. The van der Waals surface area contributed by atoms with Crippen molar-refractivity contribution in [1.82, 2.24) is 20.5 Å². The molecule has 3 aliphatic heterocycles. The number of benzene rings is 2. The Kier molecular flexibility index (Phi) is 13.8. The molecule has 0 spiro atoms. The Morgan fingerprint density at radius 1 is 0.983 bits per heavy atom. The maximum Gasteiger partial charge on any atom is 0.316 e. The molecule has 1 amide bonds. The van der Waals surface area contributed by atoms with E-state index < -0.39 is 13.7 Å². The number of rotatable bonds is 15. The molecule has 2 atom stereocenters. The van der Waals surface area contributed by atoms with Crippen molar-refractivity contribution < 1.29 is 23.9 Å². The lowest BCUT2D eigenvalue weighted by Gasteiger charge is -2.45. The number of carbonyl (C=O) groups excluding carboxylic acids is 2. The lowest BCUT2D eigenvalue weighted by Crippen LogP contribution is -2.53. The molecule has 2 aliphatic carbocycles. The van der Waals surface area contributed by atoms with Crippen LogP contribution in [-0.2, 0) is 30.6 Å². The molecule has 2 aromatic carbocycles. The van der Waals surface area contributed by atoms with Crippen molar-refractivity contribution in [2.24, 2.45) is 11.8 Å². The number of hydrogen-bond acceptors (Lipinski definition) is 8. The number of phenolic OH excluding ortho intramolecular Hbond substituents is 1. The number of aryl methyl sites for hydroxylation is 1. The number of H-pyrrole nitrogens is 1. The molecule has 5 aliphatic rings. The van der Waals surface area contributed by atoms with Crippen molar-refractivity contribution in [2.45, 2.75) is 152 Å². The summed E-state index contributed by atoms with van der Waals surface area (Å²) in [6, 6.07) is 15.7. The van der Waals surface area contributed by atoms with E-state index in [0.29, 0.717) is 30.3 Å². The van der Waals surface area contributed by atoms with E-state index in [4.69, 9.17) is 9.16 Å². The quantitative estimate of drug-likeness (QED) is 0.0888. The number of aromatic amines is 1. The number of esters is 1. The van der Waals surface area contributed by atoms with E-state index in [-0.39, 0.29) is 46.5 Å². The molecule has 0 unspecified atom stereocenters. The topological polar surface area (TPSA) is 133 Å². The van der Waals surface area contributed by atoms with Crippen LogP contribution in [-0.4, -0.2) is 80.1 Å². The summed E-state index contributed by atoms with van der Waals surface area (Å²) in [7, 11) is -2.17. The second-order valence-corrected chi connectivity index (χ2v) is 24.6. The number of carbonyl (C=O) groups is 2. The Hall–Kier alpha value is -3.51. The van der Waals surface area contributed by atoms with Crippen LogP contribution in [0, 0.1) is 11.8 Å².